The topological polar surface area (TPSA) is 64.7 Å². The summed E-state index contributed by atoms with van der Waals surface area (Å²) in [4.78, 5) is 29.7. The summed E-state index contributed by atoms with van der Waals surface area (Å²) >= 11 is 0. The second kappa shape index (κ2) is 6.80. The molecule has 134 valence electrons. The standard InChI is InChI=1S/C20H22N4O2/c1-23-11-8-14(9-12-23)13-18(25)24-17-7-3-2-5-15(17)20(26)22-16-6-4-10-21-19(16)24/h2-8,21H,9-13H2,1H3,(H,22,26). The van der Waals surface area contributed by atoms with E-state index in [-0.39, 0.29) is 11.8 Å². The number of allylic oxidation sites excluding steroid dienone is 1. The number of likely N-dealkylation sites (N-methyl/N-ethyl adjacent to an activating group) is 1. The number of carbonyl (C=O) groups is 2. The van der Waals surface area contributed by atoms with Crippen LogP contribution in [-0.4, -0.2) is 43.4 Å². The van der Waals surface area contributed by atoms with Crippen molar-refractivity contribution in [3.63, 3.8) is 0 Å². The van der Waals surface area contributed by atoms with Crippen LogP contribution >= 0.6 is 0 Å². The van der Waals surface area contributed by atoms with Crippen LogP contribution in [0.4, 0.5) is 5.69 Å². The third kappa shape index (κ3) is 3.04. The number of carbonyl (C=O) groups excluding carboxylic acids is 2. The highest BCUT2D eigenvalue weighted by Gasteiger charge is 2.31. The van der Waals surface area contributed by atoms with Crippen molar-refractivity contribution in [2.45, 2.75) is 12.8 Å². The number of nitrogens with one attached hydrogen (secondary N) is 2. The van der Waals surface area contributed by atoms with E-state index in [1.807, 2.05) is 30.4 Å². The maximum atomic E-state index is 13.3. The van der Waals surface area contributed by atoms with Gasteiger partial charge in [-0.3, -0.25) is 14.5 Å². The summed E-state index contributed by atoms with van der Waals surface area (Å²) in [5.41, 5.74) is 2.91. The molecule has 0 unspecified atom stereocenters. The minimum Gasteiger partial charge on any atom is -0.366 e. The molecule has 2 amide bonds. The lowest BCUT2D eigenvalue weighted by Gasteiger charge is -2.29. The SMILES string of the molecule is CN1CC=C(CC(=O)N2C3=C(C=CCN3)NC(=O)c3ccccc32)CC1. The minimum absolute atomic E-state index is 0.0277. The molecule has 26 heavy (non-hydrogen) atoms. The molecule has 0 fully saturated rings. The van der Waals surface area contributed by atoms with E-state index in [0.717, 1.165) is 25.1 Å². The highest BCUT2D eigenvalue weighted by atomic mass is 16.2. The maximum absolute atomic E-state index is 13.3. The van der Waals surface area contributed by atoms with E-state index in [1.54, 1.807) is 11.0 Å². The van der Waals surface area contributed by atoms with E-state index < -0.39 is 0 Å². The number of benzene rings is 1. The fourth-order valence-corrected chi connectivity index (χ4v) is 3.48. The maximum Gasteiger partial charge on any atom is 0.257 e. The number of nitrogens with zero attached hydrogens (tertiary/aromatic N) is 2. The summed E-state index contributed by atoms with van der Waals surface area (Å²) in [6, 6.07) is 7.24. The molecule has 0 bridgehead atoms. The molecule has 0 saturated carbocycles. The second-order valence-corrected chi connectivity index (χ2v) is 6.80. The van der Waals surface area contributed by atoms with Crippen molar-refractivity contribution in [1.82, 2.24) is 15.5 Å². The third-order valence-corrected chi connectivity index (χ3v) is 4.92. The molecule has 3 aliphatic rings. The van der Waals surface area contributed by atoms with Gasteiger partial charge in [-0.05, 0) is 31.7 Å². The molecule has 0 aromatic heterocycles. The van der Waals surface area contributed by atoms with E-state index in [4.69, 9.17) is 0 Å². The first-order chi connectivity index (χ1) is 12.6. The lowest BCUT2D eigenvalue weighted by Crippen LogP contribution is -2.40. The molecule has 3 aliphatic heterocycles. The molecule has 1 aromatic carbocycles. The molecular formula is C20H22N4O2. The summed E-state index contributed by atoms with van der Waals surface area (Å²) in [5.74, 6) is 0.416. The van der Waals surface area contributed by atoms with Crippen molar-refractivity contribution >= 4 is 17.5 Å². The Hall–Kier alpha value is -2.86. The zero-order chi connectivity index (χ0) is 18.1. The Kier molecular flexibility index (Phi) is 4.34. The molecule has 0 radical (unpaired) electrons. The van der Waals surface area contributed by atoms with Crippen LogP contribution in [0.25, 0.3) is 0 Å². The molecular weight excluding hydrogens is 328 g/mol. The van der Waals surface area contributed by atoms with Crippen LogP contribution in [0.15, 0.2) is 59.6 Å². The lowest BCUT2D eigenvalue weighted by molar-refractivity contribution is -0.117. The Morgan fingerprint density at radius 2 is 2.12 bits per heavy atom. The zero-order valence-corrected chi connectivity index (χ0v) is 14.8. The van der Waals surface area contributed by atoms with Crippen LogP contribution in [0.1, 0.15) is 23.2 Å². The summed E-state index contributed by atoms with van der Waals surface area (Å²) < 4.78 is 0. The normalized spacial score (nSPS) is 19.8. The van der Waals surface area contributed by atoms with Gasteiger partial charge in [0.05, 0.1) is 16.9 Å². The second-order valence-electron chi connectivity index (χ2n) is 6.80. The Labute approximate surface area is 152 Å². The predicted octanol–water partition coefficient (Wildman–Crippen LogP) is 1.74. The van der Waals surface area contributed by atoms with Crippen LogP contribution in [-0.2, 0) is 4.79 Å². The fraction of sp³-hybridized carbons (Fsp3) is 0.300. The van der Waals surface area contributed by atoms with Crippen LogP contribution in [0.2, 0.25) is 0 Å². The molecule has 0 aliphatic carbocycles. The first-order valence-electron chi connectivity index (χ1n) is 8.88. The van der Waals surface area contributed by atoms with Crippen molar-refractivity contribution in [1.29, 1.82) is 0 Å². The molecule has 1 aromatic rings. The van der Waals surface area contributed by atoms with E-state index in [1.165, 1.54) is 0 Å². The van der Waals surface area contributed by atoms with Gasteiger partial charge < -0.3 is 15.5 Å². The average molecular weight is 350 g/mol. The molecule has 6 heteroatoms. The zero-order valence-electron chi connectivity index (χ0n) is 14.8. The van der Waals surface area contributed by atoms with Gasteiger partial charge in [-0.15, -0.1) is 0 Å². The summed E-state index contributed by atoms with van der Waals surface area (Å²) in [5, 5.41) is 6.16. The van der Waals surface area contributed by atoms with Crippen molar-refractivity contribution in [3.8, 4) is 0 Å². The number of fused-ring (bicyclic) bond motifs is 1. The van der Waals surface area contributed by atoms with Gasteiger partial charge in [0.2, 0.25) is 5.91 Å². The summed E-state index contributed by atoms with van der Waals surface area (Å²) in [6.45, 7) is 2.45. The number of anilines is 1. The molecule has 0 saturated heterocycles. The van der Waals surface area contributed by atoms with E-state index in [2.05, 4.69) is 28.7 Å². The molecule has 0 atom stereocenters. The Morgan fingerprint density at radius 1 is 1.27 bits per heavy atom. The lowest BCUT2D eigenvalue weighted by atomic mass is 10.0. The number of hydrogen-bond donors (Lipinski definition) is 2. The van der Waals surface area contributed by atoms with Gasteiger partial charge in [0, 0.05) is 26.1 Å². The van der Waals surface area contributed by atoms with Crippen molar-refractivity contribution in [3.05, 3.63) is 65.1 Å². The molecule has 6 nitrogen and oxygen atoms in total. The quantitative estimate of drug-likeness (QED) is 0.798. The predicted molar refractivity (Wildman–Crippen MR) is 100 cm³/mol. The van der Waals surface area contributed by atoms with Gasteiger partial charge in [-0.25, -0.2) is 0 Å². The highest BCUT2D eigenvalue weighted by Crippen LogP contribution is 2.30. The van der Waals surface area contributed by atoms with Gasteiger partial charge in [-0.2, -0.15) is 0 Å². The fourth-order valence-electron chi connectivity index (χ4n) is 3.48. The van der Waals surface area contributed by atoms with Crippen molar-refractivity contribution in [2.24, 2.45) is 0 Å². The Bertz CT molecular complexity index is 853. The van der Waals surface area contributed by atoms with Crippen LogP contribution in [0.3, 0.4) is 0 Å². The first-order valence-corrected chi connectivity index (χ1v) is 8.88. The Morgan fingerprint density at radius 3 is 2.92 bits per heavy atom. The van der Waals surface area contributed by atoms with Crippen LogP contribution < -0.4 is 15.5 Å². The number of amides is 2. The largest absolute Gasteiger partial charge is 0.366 e. The molecule has 2 N–H and O–H groups in total. The van der Waals surface area contributed by atoms with E-state index in [0.29, 0.717) is 35.7 Å². The van der Waals surface area contributed by atoms with Gasteiger partial charge >= 0.3 is 0 Å². The molecule has 3 heterocycles. The average Bonchev–Trinajstić information content (AvgIpc) is 2.77. The highest BCUT2D eigenvalue weighted by molar-refractivity contribution is 6.08. The monoisotopic (exact) mass is 350 g/mol. The first kappa shape index (κ1) is 16.6. The van der Waals surface area contributed by atoms with Gasteiger partial charge in [-0.1, -0.05) is 29.9 Å². The van der Waals surface area contributed by atoms with Crippen LogP contribution in [0.5, 0.6) is 0 Å². The Balaban J connectivity index is 1.73. The number of para-hydroxylation sites is 1. The number of dihydropyridines is 1. The third-order valence-electron chi connectivity index (χ3n) is 4.92. The van der Waals surface area contributed by atoms with Gasteiger partial charge in [0.25, 0.3) is 5.91 Å². The van der Waals surface area contributed by atoms with E-state index in [9.17, 15) is 9.59 Å². The minimum atomic E-state index is -0.199. The number of rotatable bonds is 2. The number of hydrogen-bond acceptors (Lipinski definition) is 4. The van der Waals surface area contributed by atoms with Crippen molar-refractivity contribution < 1.29 is 9.59 Å². The van der Waals surface area contributed by atoms with E-state index >= 15 is 0 Å². The van der Waals surface area contributed by atoms with Crippen LogP contribution in [0, 0.1) is 0 Å². The van der Waals surface area contributed by atoms with Gasteiger partial charge in [0.15, 0.2) is 0 Å². The smallest absolute Gasteiger partial charge is 0.257 e. The summed E-state index contributed by atoms with van der Waals surface area (Å²) in [6.07, 6.45) is 7.17. The molecule has 4 rings (SSSR count). The van der Waals surface area contributed by atoms with Crippen molar-refractivity contribution in [2.75, 3.05) is 31.6 Å². The van der Waals surface area contributed by atoms with Gasteiger partial charge in [0.1, 0.15) is 5.82 Å². The summed E-state index contributed by atoms with van der Waals surface area (Å²) in [7, 11) is 2.08. The molecule has 0 spiro atoms.